The van der Waals surface area contributed by atoms with Gasteiger partial charge in [0, 0.05) is 24.7 Å². The normalized spacial score (nSPS) is 16.8. The van der Waals surface area contributed by atoms with Crippen molar-refractivity contribution >= 4 is 29.8 Å². The number of pyridine rings is 1. The van der Waals surface area contributed by atoms with E-state index in [1.54, 1.807) is 12.1 Å². The molecular weight excluding hydrogens is 425 g/mol. The fraction of sp³-hybridized carbons (Fsp3) is 0.333. The number of aliphatic imine (C=N–C) groups is 1. The Balaban J connectivity index is 1.83. The summed E-state index contributed by atoms with van der Waals surface area (Å²) in [5, 5.41) is 12.8. The second-order valence-corrected chi connectivity index (χ2v) is 7.01. The number of hydrogen-bond acceptors (Lipinski definition) is 7. The van der Waals surface area contributed by atoms with Crippen molar-refractivity contribution in [2.24, 2.45) is 4.99 Å². The molecule has 3 N–H and O–H groups in total. The molecule has 11 heteroatoms. The zero-order valence-corrected chi connectivity index (χ0v) is 17.3. The highest BCUT2D eigenvalue weighted by molar-refractivity contribution is 6.14. The molecule has 170 valence electrons. The van der Waals surface area contributed by atoms with Crippen LogP contribution in [-0.2, 0) is 10.9 Å². The summed E-state index contributed by atoms with van der Waals surface area (Å²) < 4.78 is 44.6. The summed E-state index contributed by atoms with van der Waals surface area (Å²) in [7, 11) is 0. The number of carbonyl (C=O) groups is 1. The molecule has 1 saturated heterocycles. The van der Waals surface area contributed by atoms with Gasteiger partial charge in [0.05, 0.1) is 12.2 Å². The van der Waals surface area contributed by atoms with E-state index in [0.29, 0.717) is 30.8 Å². The molecule has 1 aromatic heterocycles. The lowest BCUT2D eigenvalue weighted by atomic mass is 10.1. The van der Waals surface area contributed by atoms with Gasteiger partial charge < -0.3 is 20.8 Å². The van der Waals surface area contributed by atoms with Gasteiger partial charge in [-0.05, 0) is 37.6 Å². The van der Waals surface area contributed by atoms with E-state index in [4.69, 9.17) is 10.1 Å². The zero-order chi connectivity index (χ0) is 23.1. The molecule has 0 bridgehead atoms. The summed E-state index contributed by atoms with van der Waals surface area (Å²) in [6.07, 6.45) is -2.60. The van der Waals surface area contributed by atoms with Gasteiger partial charge in [-0.15, -0.1) is 0 Å². The Morgan fingerprint density at radius 2 is 2.19 bits per heavy atom. The standard InChI is InChI=1S/C21H23F3N6O2/c1-14-6-7-16(27-13-26-9-8-25)15(12-14)19(31)30-10-3-11-32-20(30)29-18-5-2-4-17(28-18)21(22,23)24/h2,4-9,12,20,25,27H,3,10-11,13H2,1H3,(H,28,29)/b25-8?,26-9-/t20-/m1/s1. The van der Waals surface area contributed by atoms with Crippen molar-refractivity contribution in [2.45, 2.75) is 25.9 Å². The number of nitrogens with zero attached hydrogens (tertiary/aromatic N) is 3. The van der Waals surface area contributed by atoms with Crippen LogP contribution >= 0.6 is 0 Å². The third-order valence-electron chi connectivity index (χ3n) is 4.62. The molecule has 1 atom stereocenters. The zero-order valence-electron chi connectivity index (χ0n) is 17.3. The molecule has 1 aromatic carbocycles. The maximum absolute atomic E-state index is 13.4. The topological polar surface area (TPSA) is 103 Å². The average Bonchev–Trinajstić information content (AvgIpc) is 2.77. The van der Waals surface area contributed by atoms with E-state index >= 15 is 0 Å². The first kappa shape index (κ1) is 23.2. The second-order valence-electron chi connectivity index (χ2n) is 7.01. The van der Waals surface area contributed by atoms with Gasteiger partial charge in [0.25, 0.3) is 5.91 Å². The molecule has 32 heavy (non-hydrogen) atoms. The highest BCUT2D eigenvalue weighted by atomic mass is 19.4. The van der Waals surface area contributed by atoms with Crippen LogP contribution in [0.2, 0.25) is 0 Å². The number of halogens is 3. The summed E-state index contributed by atoms with van der Waals surface area (Å²) >= 11 is 0. The summed E-state index contributed by atoms with van der Waals surface area (Å²) in [5.41, 5.74) is 0.754. The molecule has 8 nitrogen and oxygen atoms in total. The van der Waals surface area contributed by atoms with Gasteiger partial charge in [-0.1, -0.05) is 17.7 Å². The van der Waals surface area contributed by atoms with Crippen LogP contribution in [0.25, 0.3) is 0 Å². The number of ether oxygens (including phenoxy) is 1. The molecule has 0 spiro atoms. The summed E-state index contributed by atoms with van der Waals surface area (Å²) in [5.74, 6) is -0.399. The van der Waals surface area contributed by atoms with E-state index in [2.05, 4.69) is 20.6 Å². The average molecular weight is 448 g/mol. The molecule has 0 saturated carbocycles. The maximum atomic E-state index is 13.4. The number of hydrogen-bond donors (Lipinski definition) is 3. The quantitative estimate of drug-likeness (QED) is 0.560. The van der Waals surface area contributed by atoms with Crippen LogP contribution in [-0.4, -0.2) is 54.4 Å². The number of benzene rings is 1. The minimum Gasteiger partial charge on any atom is -0.366 e. The Kier molecular flexibility index (Phi) is 7.41. The Morgan fingerprint density at radius 1 is 1.38 bits per heavy atom. The van der Waals surface area contributed by atoms with Crippen molar-refractivity contribution in [3.05, 3.63) is 53.2 Å². The first-order valence-electron chi connectivity index (χ1n) is 9.86. The van der Waals surface area contributed by atoms with Crippen molar-refractivity contribution in [3.8, 4) is 0 Å². The number of anilines is 2. The molecule has 1 amide bonds. The van der Waals surface area contributed by atoms with Crippen LogP contribution in [0.4, 0.5) is 24.7 Å². The third-order valence-corrected chi connectivity index (χ3v) is 4.62. The van der Waals surface area contributed by atoms with Gasteiger partial charge in [-0.25, -0.2) is 4.98 Å². The first-order chi connectivity index (χ1) is 15.3. The highest BCUT2D eigenvalue weighted by Crippen LogP contribution is 2.29. The summed E-state index contributed by atoms with van der Waals surface area (Å²) in [6.45, 7) is 2.72. The van der Waals surface area contributed by atoms with Gasteiger partial charge in [0.1, 0.15) is 18.2 Å². The van der Waals surface area contributed by atoms with E-state index in [1.165, 1.54) is 23.2 Å². The number of carbonyl (C=O) groups excluding carboxylic acids is 1. The summed E-state index contributed by atoms with van der Waals surface area (Å²) in [4.78, 5) is 22.4. The molecular formula is C21H23F3N6O2. The van der Waals surface area contributed by atoms with Crippen molar-refractivity contribution in [1.82, 2.24) is 9.88 Å². The number of alkyl halides is 3. The number of amides is 1. The van der Waals surface area contributed by atoms with Gasteiger partial charge in [0.2, 0.25) is 6.35 Å². The molecule has 1 aliphatic rings. The molecule has 1 aliphatic heterocycles. The maximum Gasteiger partial charge on any atom is 0.433 e. The highest BCUT2D eigenvalue weighted by Gasteiger charge is 2.34. The molecule has 0 aliphatic carbocycles. The Bertz CT molecular complexity index is 996. The molecule has 2 aromatic rings. The van der Waals surface area contributed by atoms with Crippen LogP contribution in [0.15, 0.2) is 41.4 Å². The van der Waals surface area contributed by atoms with E-state index < -0.39 is 18.2 Å². The van der Waals surface area contributed by atoms with Gasteiger partial charge in [0.15, 0.2) is 0 Å². The molecule has 3 rings (SSSR count). The second kappa shape index (κ2) is 10.2. The number of aryl methyl sites for hydroxylation is 1. The van der Waals surface area contributed by atoms with Crippen molar-refractivity contribution in [1.29, 1.82) is 5.41 Å². The molecule has 2 heterocycles. The van der Waals surface area contributed by atoms with E-state index in [-0.39, 0.29) is 18.4 Å². The third kappa shape index (κ3) is 5.82. The van der Waals surface area contributed by atoms with Gasteiger partial charge >= 0.3 is 6.18 Å². The van der Waals surface area contributed by atoms with E-state index in [0.717, 1.165) is 17.8 Å². The predicted molar refractivity (Wildman–Crippen MR) is 115 cm³/mol. The van der Waals surface area contributed by atoms with Crippen molar-refractivity contribution < 1.29 is 22.7 Å². The van der Waals surface area contributed by atoms with Crippen molar-refractivity contribution in [3.63, 3.8) is 0 Å². The largest absolute Gasteiger partial charge is 0.433 e. The monoisotopic (exact) mass is 448 g/mol. The predicted octanol–water partition coefficient (Wildman–Crippen LogP) is 3.76. The van der Waals surface area contributed by atoms with Crippen LogP contribution in [0.1, 0.15) is 28.0 Å². The first-order valence-corrected chi connectivity index (χ1v) is 9.86. The van der Waals surface area contributed by atoms with Crippen LogP contribution in [0, 0.1) is 12.3 Å². The minimum atomic E-state index is -4.58. The molecule has 0 radical (unpaired) electrons. The van der Waals surface area contributed by atoms with E-state index in [1.807, 2.05) is 13.0 Å². The van der Waals surface area contributed by atoms with E-state index in [9.17, 15) is 18.0 Å². The number of nitrogens with one attached hydrogen (secondary N) is 3. The minimum absolute atomic E-state index is 0.0481. The van der Waals surface area contributed by atoms with Crippen molar-refractivity contribution in [2.75, 3.05) is 30.5 Å². The number of aromatic nitrogens is 1. The smallest absolute Gasteiger partial charge is 0.366 e. The van der Waals surface area contributed by atoms with Crippen LogP contribution in [0.3, 0.4) is 0 Å². The lowest BCUT2D eigenvalue weighted by molar-refractivity contribution is -0.141. The lowest BCUT2D eigenvalue weighted by Crippen LogP contribution is -2.50. The van der Waals surface area contributed by atoms with Gasteiger partial charge in [-0.2, -0.15) is 13.2 Å². The van der Waals surface area contributed by atoms with Crippen LogP contribution < -0.4 is 10.6 Å². The Morgan fingerprint density at radius 3 is 2.94 bits per heavy atom. The SMILES string of the molecule is Cc1ccc(NC/N=C\C=N)c(C(=O)N2CCCO[C@@H]2Nc2cccc(C(F)(F)F)n2)c1. The molecule has 1 fully saturated rings. The van der Waals surface area contributed by atoms with Gasteiger partial charge in [-0.3, -0.25) is 14.7 Å². The summed E-state index contributed by atoms with van der Waals surface area (Å²) in [6, 6.07) is 8.82. The molecule has 0 unspecified atom stereocenters. The number of rotatable bonds is 7. The Hall–Kier alpha value is -3.47. The van der Waals surface area contributed by atoms with Crippen LogP contribution in [0.5, 0.6) is 0 Å². The lowest BCUT2D eigenvalue weighted by Gasteiger charge is -2.36. The fourth-order valence-corrected chi connectivity index (χ4v) is 3.14. The Labute approximate surface area is 183 Å². The fourth-order valence-electron chi connectivity index (χ4n) is 3.14.